The molecule has 1 aliphatic rings. The van der Waals surface area contributed by atoms with Crippen molar-refractivity contribution in [2.45, 2.75) is 6.92 Å². The Morgan fingerprint density at radius 3 is 2.75 bits per heavy atom. The summed E-state index contributed by atoms with van der Waals surface area (Å²) < 4.78 is 0. The van der Waals surface area contributed by atoms with Gasteiger partial charge in [-0.15, -0.1) is 0 Å². The fourth-order valence-corrected chi connectivity index (χ4v) is 0.743. The van der Waals surface area contributed by atoms with Crippen LogP contribution in [0.25, 0.3) is 0 Å². The van der Waals surface area contributed by atoms with E-state index in [-0.39, 0.29) is 0 Å². The lowest BCUT2D eigenvalue weighted by Crippen LogP contribution is -1.90. The summed E-state index contributed by atoms with van der Waals surface area (Å²) in [5.74, 6) is 0.340. The lowest BCUT2D eigenvalue weighted by atomic mass is 10.1. The highest BCUT2D eigenvalue weighted by Crippen LogP contribution is 2.14. The van der Waals surface area contributed by atoms with Gasteiger partial charge in [-0.1, -0.05) is 25.2 Å². The van der Waals surface area contributed by atoms with Crippen LogP contribution < -0.4 is 0 Å². The van der Waals surface area contributed by atoms with Crippen LogP contribution in [0.2, 0.25) is 0 Å². The Balaban J connectivity index is 2.72. The molecule has 0 amide bonds. The monoisotopic (exact) mass is 108 g/mol. The molecule has 0 aromatic heterocycles. The van der Waals surface area contributed by atoms with Gasteiger partial charge in [-0.25, -0.2) is 0 Å². The SMILES string of the molecule is CC1C=CC=C1C=O. The quantitative estimate of drug-likeness (QED) is 0.463. The van der Waals surface area contributed by atoms with Crippen molar-refractivity contribution in [3.05, 3.63) is 23.8 Å². The van der Waals surface area contributed by atoms with E-state index in [1.165, 1.54) is 0 Å². The van der Waals surface area contributed by atoms with Crippen molar-refractivity contribution in [1.29, 1.82) is 0 Å². The van der Waals surface area contributed by atoms with Crippen LogP contribution in [0, 0.1) is 5.92 Å². The van der Waals surface area contributed by atoms with E-state index in [1.54, 1.807) is 0 Å². The molecule has 1 nitrogen and oxygen atoms in total. The highest BCUT2D eigenvalue weighted by Gasteiger charge is 2.05. The minimum absolute atomic E-state index is 0.340. The fraction of sp³-hybridized carbons (Fsp3) is 0.286. The molecule has 0 bridgehead atoms. The zero-order valence-electron chi connectivity index (χ0n) is 4.79. The van der Waals surface area contributed by atoms with Gasteiger partial charge in [0, 0.05) is 5.92 Å². The molecule has 1 rings (SSSR count). The Kier molecular flexibility index (Phi) is 1.29. The van der Waals surface area contributed by atoms with E-state index >= 15 is 0 Å². The summed E-state index contributed by atoms with van der Waals surface area (Å²) in [7, 11) is 0. The van der Waals surface area contributed by atoms with Crippen molar-refractivity contribution in [1.82, 2.24) is 0 Å². The molecule has 0 radical (unpaired) electrons. The Morgan fingerprint density at radius 1 is 1.75 bits per heavy atom. The molecule has 42 valence electrons. The van der Waals surface area contributed by atoms with Gasteiger partial charge in [0.25, 0.3) is 0 Å². The van der Waals surface area contributed by atoms with Crippen LogP contribution in [0.1, 0.15) is 6.92 Å². The molecular formula is C7H8O. The maximum absolute atomic E-state index is 10.1. The van der Waals surface area contributed by atoms with Gasteiger partial charge in [-0.2, -0.15) is 0 Å². The third-order valence-corrected chi connectivity index (χ3v) is 1.35. The van der Waals surface area contributed by atoms with Crippen LogP contribution in [0.15, 0.2) is 23.8 Å². The average Bonchev–Trinajstić information content (AvgIpc) is 2.14. The standard InChI is InChI=1S/C7H8O/c1-6-3-2-4-7(6)5-8/h2-6H,1H3. The third-order valence-electron chi connectivity index (χ3n) is 1.35. The molecule has 1 aliphatic carbocycles. The summed E-state index contributed by atoms with van der Waals surface area (Å²) in [6, 6.07) is 0. The maximum atomic E-state index is 10.1. The number of hydrogen-bond acceptors (Lipinski definition) is 1. The molecule has 8 heavy (non-hydrogen) atoms. The number of aldehydes is 1. The number of carbonyl (C=O) groups excluding carboxylic acids is 1. The van der Waals surface area contributed by atoms with E-state index in [4.69, 9.17) is 0 Å². The van der Waals surface area contributed by atoms with Gasteiger partial charge in [0.15, 0.2) is 0 Å². The van der Waals surface area contributed by atoms with Crippen LogP contribution in [0.5, 0.6) is 0 Å². The smallest absolute Gasteiger partial charge is 0.146 e. The molecule has 0 saturated carbocycles. The van der Waals surface area contributed by atoms with E-state index in [0.29, 0.717) is 5.92 Å². The molecule has 1 heteroatoms. The molecule has 0 aliphatic heterocycles. The molecule has 0 saturated heterocycles. The van der Waals surface area contributed by atoms with Gasteiger partial charge >= 0.3 is 0 Å². The normalized spacial score (nSPS) is 25.6. The van der Waals surface area contributed by atoms with E-state index < -0.39 is 0 Å². The van der Waals surface area contributed by atoms with E-state index in [0.717, 1.165) is 11.9 Å². The second-order valence-electron chi connectivity index (χ2n) is 1.96. The fourth-order valence-electron chi connectivity index (χ4n) is 0.743. The van der Waals surface area contributed by atoms with E-state index in [1.807, 2.05) is 25.2 Å². The number of carbonyl (C=O) groups is 1. The van der Waals surface area contributed by atoms with E-state index in [2.05, 4.69) is 0 Å². The lowest BCUT2D eigenvalue weighted by molar-refractivity contribution is -0.105. The summed E-state index contributed by atoms with van der Waals surface area (Å²) in [6.45, 7) is 2.00. The summed E-state index contributed by atoms with van der Waals surface area (Å²) in [4.78, 5) is 10.1. The minimum Gasteiger partial charge on any atom is -0.298 e. The molecule has 0 N–H and O–H groups in total. The summed E-state index contributed by atoms with van der Waals surface area (Å²) in [5, 5.41) is 0. The van der Waals surface area contributed by atoms with Gasteiger partial charge in [0.1, 0.15) is 6.29 Å². The van der Waals surface area contributed by atoms with Gasteiger partial charge in [-0.05, 0) is 5.57 Å². The molecule has 1 unspecified atom stereocenters. The minimum atomic E-state index is 0.340. The number of rotatable bonds is 1. The van der Waals surface area contributed by atoms with Crippen molar-refractivity contribution < 1.29 is 4.79 Å². The highest BCUT2D eigenvalue weighted by atomic mass is 16.1. The Bertz CT molecular complexity index is 154. The summed E-state index contributed by atoms with van der Waals surface area (Å²) in [6.07, 6.45) is 6.67. The van der Waals surface area contributed by atoms with Crippen molar-refractivity contribution in [3.63, 3.8) is 0 Å². The van der Waals surface area contributed by atoms with Crippen molar-refractivity contribution in [2.24, 2.45) is 5.92 Å². The zero-order chi connectivity index (χ0) is 5.98. The van der Waals surface area contributed by atoms with Gasteiger partial charge in [0.05, 0.1) is 0 Å². The molecule has 0 spiro atoms. The predicted octanol–water partition coefficient (Wildman–Crippen LogP) is 1.32. The summed E-state index contributed by atoms with van der Waals surface area (Å²) in [5.41, 5.74) is 0.880. The molecule has 0 fully saturated rings. The largest absolute Gasteiger partial charge is 0.298 e. The molecule has 0 heterocycles. The second kappa shape index (κ2) is 1.95. The Hall–Kier alpha value is -0.850. The van der Waals surface area contributed by atoms with Crippen LogP contribution in [-0.4, -0.2) is 6.29 Å². The maximum Gasteiger partial charge on any atom is 0.146 e. The average molecular weight is 108 g/mol. The second-order valence-corrected chi connectivity index (χ2v) is 1.96. The van der Waals surface area contributed by atoms with E-state index in [9.17, 15) is 4.79 Å². The van der Waals surface area contributed by atoms with Crippen LogP contribution in [0.4, 0.5) is 0 Å². The third kappa shape index (κ3) is 0.713. The number of allylic oxidation sites excluding steroid dienone is 4. The Morgan fingerprint density at radius 2 is 2.50 bits per heavy atom. The Labute approximate surface area is 48.7 Å². The molecular weight excluding hydrogens is 100 g/mol. The number of hydrogen-bond donors (Lipinski definition) is 0. The van der Waals surface area contributed by atoms with Crippen LogP contribution in [-0.2, 0) is 4.79 Å². The predicted molar refractivity (Wildman–Crippen MR) is 32.5 cm³/mol. The zero-order valence-corrected chi connectivity index (χ0v) is 4.79. The van der Waals surface area contributed by atoms with Gasteiger partial charge in [-0.3, -0.25) is 4.79 Å². The van der Waals surface area contributed by atoms with Crippen LogP contribution in [0.3, 0.4) is 0 Å². The molecule has 1 atom stereocenters. The first-order valence-corrected chi connectivity index (χ1v) is 2.68. The first-order valence-electron chi connectivity index (χ1n) is 2.68. The van der Waals surface area contributed by atoms with Crippen molar-refractivity contribution in [2.75, 3.05) is 0 Å². The molecule has 0 aromatic carbocycles. The lowest BCUT2D eigenvalue weighted by Gasteiger charge is -1.95. The van der Waals surface area contributed by atoms with Gasteiger partial charge < -0.3 is 0 Å². The molecule has 0 aromatic rings. The van der Waals surface area contributed by atoms with Crippen molar-refractivity contribution >= 4 is 6.29 Å². The van der Waals surface area contributed by atoms with Crippen molar-refractivity contribution in [3.8, 4) is 0 Å². The first kappa shape index (κ1) is 5.29. The highest BCUT2D eigenvalue weighted by molar-refractivity contribution is 5.76. The summed E-state index contributed by atoms with van der Waals surface area (Å²) >= 11 is 0. The van der Waals surface area contributed by atoms with Crippen LogP contribution >= 0.6 is 0 Å². The van der Waals surface area contributed by atoms with Gasteiger partial charge in [0.2, 0.25) is 0 Å². The topological polar surface area (TPSA) is 17.1 Å². The first-order chi connectivity index (χ1) is 3.84.